The van der Waals surface area contributed by atoms with Crippen LogP contribution < -0.4 is 5.32 Å². The van der Waals surface area contributed by atoms with Gasteiger partial charge in [0.05, 0.1) is 17.4 Å². The van der Waals surface area contributed by atoms with Gasteiger partial charge in [-0.15, -0.1) is 11.3 Å². The van der Waals surface area contributed by atoms with Crippen molar-refractivity contribution in [2.75, 3.05) is 0 Å². The number of benzene rings is 1. The first-order valence-corrected chi connectivity index (χ1v) is 8.42. The molecule has 2 aromatic heterocycles. The number of hydrogen-bond donors (Lipinski definition) is 1. The maximum atomic E-state index is 13.8. The van der Waals surface area contributed by atoms with Gasteiger partial charge in [-0.2, -0.15) is 0 Å². The van der Waals surface area contributed by atoms with Crippen LogP contribution in [0.25, 0.3) is 10.7 Å². The smallest absolute Gasteiger partial charge is 0.263 e. The summed E-state index contributed by atoms with van der Waals surface area (Å²) in [7, 11) is 0. The van der Waals surface area contributed by atoms with E-state index in [9.17, 15) is 13.6 Å². The van der Waals surface area contributed by atoms with Gasteiger partial charge in [0, 0.05) is 17.8 Å². The lowest BCUT2D eigenvalue weighted by atomic mass is 10.1. The van der Waals surface area contributed by atoms with Crippen molar-refractivity contribution in [1.82, 2.24) is 15.3 Å². The molecule has 1 N–H and O–H groups in total. The van der Waals surface area contributed by atoms with Crippen molar-refractivity contribution in [3.8, 4) is 10.7 Å². The number of thiazole rings is 1. The Hall–Kier alpha value is -2.67. The summed E-state index contributed by atoms with van der Waals surface area (Å²) in [5, 5.41) is 3.37. The van der Waals surface area contributed by atoms with Gasteiger partial charge in [-0.3, -0.25) is 9.78 Å². The van der Waals surface area contributed by atoms with E-state index < -0.39 is 17.7 Å². The molecule has 0 saturated carbocycles. The second-order valence-electron chi connectivity index (χ2n) is 5.51. The number of pyridine rings is 1. The topological polar surface area (TPSA) is 54.9 Å². The van der Waals surface area contributed by atoms with E-state index in [1.165, 1.54) is 17.4 Å². The van der Waals surface area contributed by atoms with Crippen LogP contribution in [0.4, 0.5) is 8.78 Å². The van der Waals surface area contributed by atoms with Crippen LogP contribution in [-0.4, -0.2) is 15.9 Å². The zero-order valence-electron chi connectivity index (χ0n) is 13.6. The fourth-order valence-corrected chi connectivity index (χ4v) is 3.34. The Morgan fingerprint density at radius 2 is 2.04 bits per heavy atom. The largest absolute Gasteiger partial charge is 0.345 e. The molecule has 0 aliphatic carbocycles. The molecule has 128 valence electrons. The van der Waals surface area contributed by atoms with Crippen molar-refractivity contribution in [2.45, 2.75) is 19.9 Å². The minimum Gasteiger partial charge on any atom is -0.345 e. The van der Waals surface area contributed by atoms with Crippen LogP contribution in [0.2, 0.25) is 0 Å². The third-order valence-electron chi connectivity index (χ3n) is 3.66. The van der Waals surface area contributed by atoms with Crippen molar-refractivity contribution in [2.24, 2.45) is 0 Å². The van der Waals surface area contributed by atoms with Gasteiger partial charge in [0.1, 0.15) is 21.5 Å². The number of aromatic nitrogens is 2. The Kier molecular flexibility index (Phi) is 4.85. The van der Waals surface area contributed by atoms with Gasteiger partial charge < -0.3 is 5.32 Å². The number of rotatable bonds is 4. The average Bonchev–Trinajstić information content (AvgIpc) is 2.97. The predicted octanol–water partition coefficient (Wildman–Crippen LogP) is 4.28. The van der Waals surface area contributed by atoms with E-state index in [4.69, 9.17) is 0 Å². The second-order valence-corrected chi connectivity index (χ2v) is 6.51. The molecule has 1 amide bonds. The highest BCUT2D eigenvalue weighted by Gasteiger charge is 2.20. The molecule has 0 saturated heterocycles. The molecule has 0 bridgehead atoms. The predicted molar refractivity (Wildman–Crippen MR) is 92.3 cm³/mol. The van der Waals surface area contributed by atoms with Crippen LogP contribution in [0.5, 0.6) is 0 Å². The number of carbonyl (C=O) groups excluding carboxylic acids is 1. The summed E-state index contributed by atoms with van der Waals surface area (Å²) in [6.45, 7) is 3.38. The molecule has 3 aromatic rings. The quantitative estimate of drug-likeness (QED) is 0.756. The maximum absolute atomic E-state index is 13.8. The van der Waals surface area contributed by atoms with Crippen molar-refractivity contribution >= 4 is 17.2 Å². The first kappa shape index (κ1) is 17.2. The lowest BCUT2D eigenvalue weighted by Crippen LogP contribution is -2.27. The zero-order valence-corrected chi connectivity index (χ0v) is 14.4. The van der Waals surface area contributed by atoms with Gasteiger partial charge in [-0.05, 0) is 32.0 Å². The SMILES string of the molecule is Cc1nc(-c2ccccn2)sc1C(=O)N[C@H](C)c1ccc(F)cc1F. The van der Waals surface area contributed by atoms with Crippen LogP contribution in [0.15, 0.2) is 42.6 Å². The average molecular weight is 359 g/mol. The van der Waals surface area contributed by atoms with Gasteiger partial charge in [-0.1, -0.05) is 12.1 Å². The van der Waals surface area contributed by atoms with Crippen LogP contribution in [-0.2, 0) is 0 Å². The zero-order chi connectivity index (χ0) is 18.0. The highest BCUT2D eigenvalue weighted by molar-refractivity contribution is 7.17. The monoisotopic (exact) mass is 359 g/mol. The van der Waals surface area contributed by atoms with Gasteiger partial charge in [-0.25, -0.2) is 13.8 Å². The first-order valence-electron chi connectivity index (χ1n) is 7.60. The Balaban J connectivity index is 1.80. The molecule has 0 spiro atoms. The molecule has 1 atom stereocenters. The van der Waals surface area contributed by atoms with Crippen LogP contribution >= 0.6 is 11.3 Å². The standard InChI is InChI=1S/C18H15F2N3OS/c1-10(13-7-6-12(19)9-14(13)20)22-17(24)16-11(2)23-18(25-16)15-5-3-4-8-21-15/h3-10H,1-2H3,(H,22,24)/t10-/m1/s1. The van der Waals surface area contributed by atoms with E-state index in [-0.39, 0.29) is 11.5 Å². The number of nitrogens with one attached hydrogen (secondary N) is 1. The maximum Gasteiger partial charge on any atom is 0.263 e. The lowest BCUT2D eigenvalue weighted by molar-refractivity contribution is 0.0942. The first-order chi connectivity index (χ1) is 12.0. The molecule has 2 heterocycles. The Bertz CT molecular complexity index is 912. The summed E-state index contributed by atoms with van der Waals surface area (Å²) in [5.74, 6) is -1.70. The molecule has 0 aliphatic rings. The number of carbonyl (C=O) groups is 1. The lowest BCUT2D eigenvalue weighted by Gasteiger charge is -2.14. The van der Waals surface area contributed by atoms with Gasteiger partial charge >= 0.3 is 0 Å². The third kappa shape index (κ3) is 3.71. The van der Waals surface area contributed by atoms with Crippen molar-refractivity contribution < 1.29 is 13.6 Å². The van der Waals surface area contributed by atoms with Crippen molar-refractivity contribution in [3.05, 3.63) is 70.4 Å². The van der Waals surface area contributed by atoms with E-state index >= 15 is 0 Å². The third-order valence-corrected chi connectivity index (χ3v) is 4.84. The minimum absolute atomic E-state index is 0.224. The molecule has 0 aliphatic heterocycles. The van der Waals surface area contributed by atoms with E-state index in [0.717, 1.165) is 12.1 Å². The van der Waals surface area contributed by atoms with E-state index in [1.807, 2.05) is 12.1 Å². The number of nitrogens with zero attached hydrogens (tertiary/aromatic N) is 2. The molecule has 0 fully saturated rings. The minimum atomic E-state index is -0.692. The Morgan fingerprint density at radius 1 is 1.24 bits per heavy atom. The second kappa shape index (κ2) is 7.06. The van der Waals surface area contributed by atoms with E-state index in [0.29, 0.717) is 21.3 Å². The number of amides is 1. The molecular formula is C18H15F2N3OS. The van der Waals surface area contributed by atoms with Gasteiger partial charge in [0.2, 0.25) is 0 Å². The molecule has 0 radical (unpaired) electrons. The van der Waals surface area contributed by atoms with Gasteiger partial charge in [0.15, 0.2) is 0 Å². The normalized spacial score (nSPS) is 12.0. The summed E-state index contributed by atoms with van der Waals surface area (Å²) in [6, 6.07) is 8.15. The summed E-state index contributed by atoms with van der Waals surface area (Å²) in [4.78, 5) is 21.6. The molecular weight excluding hydrogens is 344 g/mol. The van der Waals surface area contributed by atoms with Crippen molar-refractivity contribution in [1.29, 1.82) is 0 Å². The number of hydrogen-bond acceptors (Lipinski definition) is 4. The fourth-order valence-electron chi connectivity index (χ4n) is 2.40. The molecule has 1 aromatic carbocycles. The van der Waals surface area contributed by atoms with Crippen molar-refractivity contribution in [3.63, 3.8) is 0 Å². The van der Waals surface area contributed by atoms with Crippen LogP contribution in [0.3, 0.4) is 0 Å². The highest BCUT2D eigenvalue weighted by atomic mass is 32.1. The highest BCUT2D eigenvalue weighted by Crippen LogP contribution is 2.27. The summed E-state index contributed by atoms with van der Waals surface area (Å²) in [6.07, 6.45) is 1.66. The molecule has 7 heteroatoms. The van der Waals surface area contributed by atoms with E-state index in [1.54, 1.807) is 26.1 Å². The van der Waals surface area contributed by atoms with Gasteiger partial charge in [0.25, 0.3) is 5.91 Å². The Labute approximate surface area is 147 Å². The number of aryl methyl sites for hydroxylation is 1. The Morgan fingerprint density at radius 3 is 2.72 bits per heavy atom. The van der Waals surface area contributed by atoms with Crippen LogP contribution in [0, 0.1) is 18.6 Å². The van der Waals surface area contributed by atoms with E-state index in [2.05, 4.69) is 15.3 Å². The molecule has 25 heavy (non-hydrogen) atoms. The molecule has 4 nitrogen and oxygen atoms in total. The number of halogens is 2. The molecule has 0 unspecified atom stereocenters. The van der Waals surface area contributed by atoms with Crippen LogP contribution in [0.1, 0.15) is 33.9 Å². The fraction of sp³-hybridized carbons (Fsp3) is 0.167. The summed E-state index contributed by atoms with van der Waals surface area (Å²) in [5.41, 5.74) is 1.49. The summed E-state index contributed by atoms with van der Waals surface area (Å²) >= 11 is 1.23. The summed E-state index contributed by atoms with van der Waals surface area (Å²) < 4.78 is 26.9. The molecule has 3 rings (SSSR count).